The third-order valence-corrected chi connectivity index (χ3v) is 7.13. The zero-order chi connectivity index (χ0) is 26.5. The molecule has 3 aromatic heterocycles. The highest BCUT2D eigenvalue weighted by atomic mass is 15.0. The monoisotopic (exact) mass is 518 g/mol. The van der Waals surface area contributed by atoms with Crippen molar-refractivity contribution in [2.45, 2.75) is 12.8 Å². The van der Waals surface area contributed by atoms with Crippen LogP contribution in [0.5, 0.6) is 0 Å². The Kier molecular flexibility index (Phi) is 5.09. The maximum Gasteiger partial charge on any atom is 0.164 e. The molecule has 0 unspecified atom stereocenters. The molecule has 0 amide bonds. The predicted molar refractivity (Wildman–Crippen MR) is 157 cm³/mol. The van der Waals surface area contributed by atoms with E-state index in [9.17, 15) is 0 Å². The summed E-state index contributed by atoms with van der Waals surface area (Å²) in [4.78, 5) is 36.8. The molecular weight excluding hydrogens is 496 g/mol. The van der Waals surface area contributed by atoms with Gasteiger partial charge >= 0.3 is 0 Å². The van der Waals surface area contributed by atoms with Crippen molar-refractivity contribution in [3.63, 3.8) is 0 Å². The van der Waals surface area contributed by atoms with Gasteiger partial charge in [0, 0.05) is 45.5 Å². The molecule has 2 N–H and O–H groups in total. The van der Waals surface area contributed by atoms with Gasteiger partial charge in [-0.25, -0.2) is 29.9 Å². The van der Waals surface area contributed by atoms with Gasteiger partial charge in [0.1, 0.15) is 34.2 Å². The van der Waals surface area contributed by atoms with Crippen LogP contribution in [0, 0.1) is 0 Å². The number of hydrogen-bond donors (Lipinski definition) is 2. The van der Waals surface area contributed by atoms with Crippen LogP contribution in [0.4, 0.5) is 0 Å². The molecule has 8 bridgehead atoms. The number of H-pyrrole nitrogens is 2. The zero-order valence-corrected chi connectivity index (χ0v) is 21.3. The van der Waals surface area contributed by atoms with Crippen LogP contribution in [0.2, 0.25) is 0 Å². The average Bonchev–Trinajstić information content (AvgIpc) is 3.64. The van der Waals surface area contributed by atoms with E-state index in [4.69, 9.17) is 29.9 Å². The Morgan fingerprint density at radius 3 is 1.27 bits per heavy atom. The summed E-state index contributed by atoms with van der Waals surface area (Å²) < 4.78 is 0. The summed E-state index contributed by atoms with van der Waals surface area (Å²) in [7, 11) is 0. The normalized spacial score (nSPS) is 14.7. The lowest BCUT2D eigenvalue weighted by molar-refractivity contribution is 0.932. The Morgan fingerprint density at radius 2 is 0.825 bits per heavy atom. The van der Waals surface area contributed by atoms with Crippen LogP contribution < -0.4 is 0 Å². The molecule has 2 aliphatic heterocycles. The first-order chi connectivity index (χ1) is 19.8. The van der Waals surface area contributed by atoms with E-state index in [1.54, 1.807) is 0 Å². The molecule has 0 atom stereocenters. The van der Waals surface area contributed by atoms with Crippen LogP contribution in [0.25, 0.3) is 66.9 Å². The molecule has 2 aliphatic rings. The third kappa shape index (κ3) is 3.77. The van der Waals surface area contributed by atoms with Crippen LogP contribution in [-0.4, -0.2) is 39.9 Å². The highest BCUT2D eigenvalue weighted by molar-refractivity contribution is 6.05. The van der Waals surface area contributed by atoms with Gasteiger partial charge in [-0.15, -0.1) is 0 Å². The number of fused-ring (bicyclic) bond motifs is 17. The number of hydrogen-bond acceptors (Lipinski definition) is 6. The summed E-state index contributed by atoms with van der Waals surface area (Å²) in [5.74, 6) is 2.52. The first-order valence-corrected chi connectivity index (χ1v) is 13.2. The van der Waals surface area contributed by atoms with Crippen molar-refractivity contribution in [1.82, 2.24) is 39.9 Å². The Hall–Kier alpha value is -5.50. The third-order valence-electron chi connectivity index (χ3n) is 7.13. The number of nitrogens with one attached hydrogen (secondary N) is 2. The fourth-order valence-corrected chi connectivity index (χ4v) is 5.26. The molecule has 5 heterocycles. The van der Waals surface area contributed by atoms with Gasteiger partial charge in [0.15, 0.2) is 11.6 Å². The van der Waals surface area contributed by atoms with Crippen LogP contribution in [-0.2, 0) is 12.8 Å². The summed E-state index contributed by atoms with van der Waals surface area (Å²) in [6.07, 6.45) is 9.28. The summed E-state index contributed by atoms with van der Waals surface area (Å²) in [6, 6.07) is 24.2. The minimum absolute atomic E-state index is 0.563. The fourth-order valence-electron chi connectivity index (χ4n) is 5.26. The highest BCUT2D eigenvalue weighted by Crippen LogP contribution is 2.34. The van der Waals surface area contributed by atoms with Crippen LogP contribution in [0.1, 0.15) is 11.6 Å². The molecule has 0 fully saturated rings. The first kappa shape index (κ1) is 22.5. The Morgan fingerprint density at radius 1 is 0.425 bits per heavy atom. The van der Waals surface area contributed by atoms with E-state index in [0.717, 1.165) is 32.7 Å². The molecule has 8 nitrogen and oxygen atoms in total. The Bertz CT molecular complexity index is 2030. The second kappa shape index (κ2) is 9.06. The molecule has 190 valence electrons. The van der Waals surface area contributed by atoms with Crippen LogP contribution >= 0.6 is 0 Å². The van der Waals surface area contributed by atoms with E-state index >= 15 is 0 Å². The van der Waals surface area contributed by atoms with Crippen LogP contribution in [0.3, 0.4) is 0 Å². The molecule has 6 aromatic rings. The standard InChI is InChI=1S/C32H22N8/c1-2-4-18-26-33-25(17-3-1)34-27-19-11-5-7-13-21(19)29(36-27)38-31-23-15-9-10-16-24(23)32(40-31)39-30-22-14-8-6-12-20(22)28(35-26)37-30/h1-16H,17-18H2,(H2,33,34,35,36,37,38,39,40)/b3-1-,4-2-. The quantitative estimate of drug-likeness (QED) is 0.239. The SMILES string of the molecule is C1=C\Cc2nc(nc3[nH]c(nc4nc(nc5[nH]c(n2)c2ccccc52)-c2ccccc2-4)c2ccccc32)C\C=C/1. The molecule has 0 aliphatic carbocycles. The van der Waals surface area contributed by atoms with Gasteiger partial charge in [0.05, 0.1) is 0 Å². The smallest absolute Gasteiger partial charge is 0.164 e. The average molecular weight is 519 g/mol. The summed E-state index contributed by atoms with van der Waals surface area (Å²) >= 11 is 0. The van der Waals surface area contributed by atoms with E-state index in [-0.39, 0.29) is 0 Å². The largest absolute Gasteiger partial charge is 0.324 e. The van der Waals surface area contributed by atoms with Gasteiger partial charge in [0.25, 0.3) is 0 Å². The van der Waals surface area contributed by atoms with E-state index in [0.29, 0.717) is 58.7 Å². The number of aromatic nitrogens is 8. The minimum atomic E-state index is 0.563. The molecule has 40 heavy (non-hydrogen) atoms. The molecular formula is C32H22N8. The van der Waals surface area contributed by atoms with Crippen LogP contribution in [0.15, 0.2) is 97.1 Å². The van der Waals surface area contributed by atoms with E-state index in [1.165, 1.54) is 0 Å². The zero-order valence-electron chi connectivity index (χ0n) is 21.3. The molecule has 3 aromatic carbocycles. The fraction of sp³-hybridized carbons (Fsp3) is 0.0625. The second-order valence-electron chi connectivity index (χ2n) is 9.70. The second-order valence-corrected chi connectivity index (χ2v) is 9.70. The number of benzene rings is 3. The van der Waals surface area contributed by atoms with Crippen molar-refractivity contribution in [2.24, 2.45) is 0 Å². The number of allylic oxidation sites excluding steroid dienone is 4. The highest BCUT2D eigenvalue weighted by Gasteiger charge is 2.19. The predicted octanol–water partition coefficient (Wildman–Crippen LogP) is 6.43. The first-order valence-electron chi connectivity index (χ1n) is 13.2. The van der Waals surface area contributed by atoms with Gasteiger partial charge in [-0.1, -0.05) is 97.1 Å². The Labute approximate surface area is 228 Å². The van der Waals surface area contributed by atoms with Gasteiger partial charge in [-0.05, 0) is 0 Å². The van der Waals surface area contributed by atoms with E-state index in [2.05, 4.69) is 22.1 Å². The lowest BCUT2D eigenvalue weighted by Crippen LogP contribution is -1.97. The van der Waals surface area contributed by atoms with Gasteiger partial charge in [-0.3, -0.25) is 0 Å². The van der Waals surface area contributed by atoms with Crippen molar-refractivity contribution in [3.05, 3.63) is 109 Å². The van der Waals surface area contributed by atoms with Gasteiger partial charge in [0.2, 0.25) is 0 Å². The Balaban J connectivity index is 1.58. The van der Waals surface area contributed by atoms with Gasteiger partial charge < -0.3 is 9.97 Å². The molecule has 0 saturated carbocycles. The maximum absolute atomic E-state index is 5.01. The summed E-state index contributed by atoms with van der Waals surface area (Å²) in [5.41, 5.74) is 4.65. The van der Waals surface area contributed by atoms with Crippen molar-refractivity contribution in [1.29, 1.82) is 0 Å². The van der Waals surface area contributed by atoms with Crippen molar-refractivity contribution in [2.75, 3.05) is 0 Å². The molecule has 0 saturated heterocycles. The topological polar surface area (TPSA) is 109 Å². The van der Waals surface area contributed by atoms with Crippen molar-refractivity contribution >= 4 is 44.1 Å². The molecule has 8 heteroatoms. The van der Waals surface area contributed by atoms with E-state index in [1.807, 2.05) is 84.9 Å². The maximum atomic E-state index is 5.01. The molecule has 0 radical (unpaired) electrons. The summed E-state index contributed by atoms with van der Waals surface area (Å²) in [5, 5.41) is 3.86. The minimum Gasteiger partial charge on any atom is -0.324 e. The molecule has 0 spiro atoms. The lowest BCUT2D eigenvalue weighted by atomic mass is 10.1. The number of nitrogens with zero attached hydrogens (tertiary/aromatic N) is 6. The number of rotatable bonds is 0. The van der Waals surface area contributed by atoms with E-state index < -0.39 is 0 Å². The number of aromatic amines is 2. The van der Waals surface area contributed by atoms with Crippen molar-refractivity contribution in [3.8, 4) is 22.8 Å². The van der Waals surface area contributed by atoms with Gasteiger partial charge in [-0.2, -0.15) is 0 Å². The molecule has 8 rings (SSSR count). The lowest BCUT2D eigenvalue weighted by Gasteiger charge is -1.96. The summed E-state index contributed by atoms with van der Waals surface area (Å²) in [6.45, 7) is 0. The van der Waals surface area contributed by atoms with Crippen molar-refractivity contribution < 1.29 is 0 Å².